The second-order valence-corrected chi connectivity index (χ2v) is 4.87. The van der Waals surface area contributed by atoms with Crippen LogP contribution in [-0.2, 0) is 22.5 Å². The van der Waals surface area contributed by atoms with Crippen molar-refractivity contribution in [1.82, 2.24) is 4.57 Å². The lowest BCUT2D eigenvalue weighted by molar-refractivity contribution is -0.139. The van der Waals surface area contributed by atoms with Crippen LogP contribution in [0.1, 0.15) is 11.1 Å². The number of nitrogens with two attached hydrogens (primary N) is 1. The van der Waals surface area contributed by atoms with Crippen molar-refractivity contribution in [3.63, 3.8) is 0 Å². The van der Waals surface area contributed by atoms with Gasteiger partial charge in [-0.1, -0.05) is 17.7 Å². The quantitative estimate of drug-likeness (QED) is 0.874. The van der Waals surface area contributed by atoms with Gasteiger partial charge >= 0.3 is 5.97 Å². The van der Waals surface area contributed by atoms with Crippen molar-refractivity contribution in [2.75, 3.05) is 13.7 Å². The number of esters is 1. The molecule has 1 aromatic heterocycles. The average molecular weight is 281 g/mol. The molecule has 19 heavy (non-hydrogen) atoms. The molecule has 2 N–H and O–H groups in total. The predicted molar refractivity (Wildman–Crippen MR) is 76.5 cm³/mol. The van der Waals surface area contributed by atoms with Gasteiger partial charge in [-0.25, -0.2) is 0 Å². The standard InChI is InChI=1S/C14H17ClN2O2/c1-9-12(15)4-3-11-10(7-13(18)19-2)8-17(6-5-16)14(9)11/h3-4,8H,5-7,16H2,1-2H3. The van der Waals surface area contributed by atoms with Crippen molar-refractivity contribution >= 4 is 28.5 Å². The summed E-state index contributed by atoms with van der Waals surface area (Å²) in [5.74, 6) is -0.251. The van der Waals surface area contributed by atoms with E-state index in [0.717, 1.165) is 22.0 Å². The molecule has 102 valence electrons. The van der Waals surface area contributed by atoms with Gasteiger partial charge in [0.15, 0.2) is 0 Å². The first-order valence-electron chi connectivity index (χ1n) is 6.12. The number of methoxy groups -OCH3 is 1. The van der Waals surface area contributed by atoms with Crippen molar-refractivity contribution < 1.29 is 9.53 Å². The maximum absolute atomic E-state index is 11.5. The topological polar surface area (TPSA) is 57.2 Å². The fraction of sp³-hybridized carbons (Fsp3) is 0.357. The summed E-state index contributed by atoms with van der Waals surface area (Å²) in [6.45, 7) is 3.20. The van der Waals surface area contributed by atoms with Crippen LogP contribution in [0, 0.1) is 6.92 Å². The van der Waals surface area contributed by atoms with E-state index in [2.05, 4.69) is 4.57 Å². The minimum atomic E-state index is -0.251. The molecule has 1 heterocycles. The van der Waals surface area contributed by atoms with E-state index in [0.29, 0.717) is 18.1 Å². The van der Waals surface area contributed by atoms with Gasteiger partial charge in [0.25, 0.3) is 0 Å². The Kier molecular flexibility index (Phi) is 4.12. The van der Waals surface area contributed by atoms with Crippen LogP contribution in [0.4, 0.5) is 0 Å². The number of hydrogen-bond acceptors (Lipinski definition) is 3. The number of aryl methyl sites for hydroxylation is 1. The van der Waals surface area contributed by atoms with Gasteiger partial charge in [-0.15, -0.1) is 0 Å². The zero-order chi connectivity index (χ0) is 14.0. The van der Waals surface area contributed by atoms with Crippen molar-refractivity contribution in [2.24, 2.45) is 5.73 Å². The summed E-state index contributed by atoms with van der Waals surface area (Å²) < 4.78 is 6.78. The fourth-order valence-corrected chi connectivity index (χ4v) is 2.46. The third kappa shape index (κ3) is 2.60. The van der Waals surface area contributed by atoms with Crippen molar-refractivity contribution in [3.8, 4) is 0 Å². The van der Waals surface area contributed by atoms with Gasteiger partial charge in [-0.3, -0.25) is 4.79 Å². The maximum atomic E-state index is 11.5. The Balaban J connectivity index is 2.60. The molecule has 2 rings (SSSR count). The van der Waals surface area contributed by atoms with Gasteiger partial charge in [-0.05, 0) is 24.1 Å². The van der Waals surface area contributed by atoms with Crippen LogP contribution in [0.25, 0.3) is 10.9 Å². The molecule has 0 aliphatic heterocycles. The van der Waals surface area contributed by atoms with Crippen molar-refractivity contribution in [2.45, 2.75) is 19.9 Å². The molecule has 2 aromatic rings. The monoisotopic (exact) mass is 280 g/mol. The first-order chi connectivity index (χ1) is 9.08. The minimum Gasteiger partial charge on any atom is -0.469 e. The summed E-state index contributed by atoms with van der Waals surface area (Å²) in [5.41, 5.74) is 8.61. The summed E-state index contributed by atoms with van der Waals surface area (Å²) in [5, 5.41) is 1.74. The highest BCUT2D eigenvalue weighted by molar-refractivity contribution is 6.32. The Morgan fingerprint density at radius 2 is 2.21 bits per heavy atom. The summed E-state index contributed by atoms with van der Waals surface area (Å²) in [6.07, 6.45) is 2.21. The molecule has 0 aliphatic carbocycles. The van der Waals surface area contributed by atoms with E-state index >= 15 is 0 Å². The van der Waals surface area contributed by atoms with Crippen LogP contribution in [0.3, 0.4) is 0 Å². The third-order valence-corrected chi connectivity index (χ3v) is 3.65. The molecule has 0 saturated heterocycles. The summed E-state index contributed by atoms with van der Waals surface area (Å²) in [4.78, 5) is 11.5. The molecule has 0 atom stereocenters. The van der Waals surface area contributed by atoms with Crippen LogP contribution in [0.2, 0.25) is 5.02 Å². The van der Waals surface area contributed by atoms with E-state index in [1.165, 1.54) is 7.11 Å². The second-order valence-electron chi connectivity index (χ2n) is 4.46. The zero-order valence-electron chi connectivity index (χ0n) is 11.1. The lowest BCUT2D eigenvalue weighted by Gasteiger charge is -2.06. The van der Waals surface area contributed by atoms with Crippen LogP contribution >= 0.6 is 11.6 Å². The molecular formula is C14H17ClN2O2. The number of fused-ring (bicyclic) bond motifs is 1. The molecule has 1 aromatic carbocycles. The molecule has 0 aliphatic rings. The number of aromatic nitrogens is 1. The molecule has 0 fully saturated rings. The maximum Gasteiger partial charge on any atom is 0.310 e. The predicted octanol–water partition coefficient (Wildman–Crippen LogP) is 2.28. The minimum absolute atomic E-state index is 0.251. The van der Waals surface area contributed by atoms with Gasteiger partial charge in [0.1, 0.15) is 0 Å². The third-order valence-electron chi connectivity index (χ3n) is 3.24. The SMILES string of the molecule is COC(=O)Cc1cn(CCN)c2c(C)c(Cl)ccc12. The van der Waals surface area contributed by atoms with E-state index in [9.17, 15) is 4.79 Å². The van der Waals surface area contributed by atoms with E-state index in [-0.39, 0.29) is 12.4 Å². The largest absolute Gasteiger partial charge is 0.469 e. The Morgan fingerprint density at radius 1 is 1.47 bits per heavy atom. The van der Waals surface area contributed by atoms with Crippen LogP contribution in [0.15, 0.2) is 18.3 Å². The molecule has 0 amide bonds. The van der Waals surface area contributed by atoms with Gasteiger partial charge < -0.3 is 15.0 Å². The lowest BCUT2D eigenvalue weighted by Crippen LogP contribution is -2.09. The second kappa shape index (κ2) is 5.63. The summed E-state index contributed by atoms with van der Waals surface area (Å²) in [6, 6.07) is 3.79. The number of halogens is 1. The molecule has 0 unspecified atom stereocenters. The van der Waals surface area contributed by atoms with E-state index in [1.54, 1.807) is 0 Å². The summed E-state index contributed by atoms with van der Waals surface area (Å²) in [7, 11) is 1.39. The number of carbonyl (C=O) groups excluding carboxylic acids is 1. The molecular weight excluding hydrogens is 264 g/mol. The number of benzene rings is 1. The van der Waals surface area contributed by atoms with E-state index in [4.69, 9.17) is 22.1 Å². The fourth-order valence-electron chi connectivity index (χ4n) is 2.31. The highest BCUT2D eigenvalue weighted by Crippen LogP contribution is 2.29. The van der Waals surface area contributed by atoms with Crippen LogP contribution in [-0.4, -0.2) is 24.2 Å². The normalized spacial score (nSPS) is 10.9. The van der Waals surface area contributed by atoms with Crippen molar-refractivity contribution in [3.05, 3.63) is 34.5 Å². The Morgan fingerprint density at radius 3 is 2.84 bits per heavy atom. The molecule has 4 nitrogen and oxygen atoms in total. The van der Waals surface area contributed by atoms with Gasteiger partial charge in [0, 0.05) is 29.7 Å². The highest BCUT2D eigenvalue weighted by Gasteiger charge is 2.14. The number of nitrogens with zero attached hydrogens (tertiary/aromatic N) is 1. The first kappa shape index (κ1) is 13.9. The van der Waals surface area contributed by atoms with E-state index < -0.39 is 0 Å². The van der Waals surface area contributed by atoms with Crippen LogP contribution < -0.4 is 5.73 Å². The molecule has 0 spiro atoms. The molecule has 0 bridgehead atoms. The van der Waals surface area contributed by atoms with Crippen LogP contribution in [0.5, 0.6) is 0 Å². The smallest absolute Gasteiger partial charge is 0.310 e. The number of ether oxygens (including phenoxy) is 1. The number of hydrogen-bond donors (Lipinski definition) is 1. The van der Waals surface area contributed by atoms with Crippen molar-refractivity contribution in [1.29, 1.82) is 0 Å². The average Bonchev–Trinajstić information content (AvgIpc) is 2.73. The number of rotatable bonds is 4. The van der Waals surface area contributed by atoms with E-state index in [1.807, 2.05) is 25.3 Å². The molecule has 0 saturated carbocycles. The molecule has 0 radical (unpaired) electrons. The van der Waals surface area contributed by atoms with Gasteiger partial charge in [-0.2, -0.15) is 0 Å². The Bertz CT molecular complexity index is 619. The number of carbonyl (C=O) groups is 1. The highest BCUT2D eigenvalue weighted by atomic mass is 35.5. The Hall–Kier alpha value is -1.52. The summed E-state index contributed by atoms with van der Waals surface area (Å²) >= 11 is 6.17. The Labute approximate surface area is 117 Å². The van der Waals surface area contributed by atoms with Gasteiger partial charge in [0.2, 0.25) is 0 Å². The van der Waals surface area contributed by atoms with Gasteiger partial charge in [0.05, 0.1) is 19.0 Å². The lowest BCUT2D eigenvalue weighted by atomic mass is 10.1. The first-order valence-corrected chi connectivity index (χ1v) is 6.50. The zero-order valence-corrected chi connectivity index (χ0v) is 11.8. The molecule has 5 heteroatoms.